The highest BCUT2D eigenvalue weighted by molar-refractivity contribution is 6.32. The molecule has 0 spiro atoms. The van der Waals surface area contributed by atoms with E-state index < -0.39 is 0 Å². The molecule has 0 atom stereocenters. The van der Waals surface area contributed by atoms with Crippen LogP contribution in [0.3, 0.4) is 0 Å². The van der Waals surface area contributed by atoms with Crippen LogP contribution in [0.5, 0.6) is 11.5 Å². The van der Waals surface area contributed by atoms with Gasteiger partial charge in [-0.3, -0.25) is 0 Å². The maximum absolute atomic E-state index is 9.52. The van der Waals surface area contributed by atoms with Crippen LogP contribution in [0.1, 0.15) is 12.0 Å². The molecule has 78 valence electrons. The summed E-state index contributed by atoms with van der Waals surface area (Å²) in [4.78, 5) is 0. The molecule has 0 bridgehead atoms. The van der Waals surface area contributed by atoms with Crippen molar-refractivity contribution in [1.82, 2.24) is 0 Å². The largest absolute Gasteiger partial charge is 0.508 e. The van der Waals surface area contributed by atoms with Gasteiger partial charge in [0.1, 0.15) is 11.5 Å². The maximum Gasteiger partial charge on any atom is 0.137 e. The Morgan fingerprint density at radius 2 is 2.14 bits per heavy atom. The molecule has 0 aliphatic rings. The lowest BCUT2D eigenvalue weighted by Crippen LogP contribution is -1.92. The predicted molar refractivity (Wildman–Crippen MR) is 55.1 cm³/mol. The van der Waals surface area contributed by atoms with Crippen molar-refractivity contribution in [3.63, 3.8) is 0 Å². The summed E-state index contributed by atoms with van der Waals surface area (Å²) in [6.45, 7) is 0.102. The molecule has 0 fully saturated rings. The lowest BCUT2D eigenvalue weighted by atomic mass is 10.1. The third-order valence-corrected chi connectivity index (χ3v) is 2.25. The van der Waals surface area contributed by atoms with Gasteiger partial charge in [-0.05, 0) is 24.5 Å². The topological polar surface area (TPSA) is 49.7 Å². The quantitative estimate of drug-likeness (QED) is 0.809. The molecule has 0 aromatic heterocycles. The summed E-state index contributed by atoms with van der Waals surface area (Å²) in [5.41, 5.74) is 0.736. The first-order chi connectivity index (χ1) is 6.69. The van der Waals surface area contributed by atoms with Crippen LogP contribution in [0.4, 0.5) is 0 Å². The molecule has 1 aromatic carbocycles. The number of phenolic OH excluding ortho intramolecular Hbond substituents is 1. The highest BCUT2D eigenvalue weighted by Crippen LogP contribution is 2.32. The number of ether oxygens (including phenoxy) is 1. The van der Waals surface area contributed by atoms with Crippen LogP contribution in [0.15, 0.2) is 12.1 Å². The van der Waals surface area contributed by atoms with Gasteiger partial charge in [-0.15, -0.1) is 0 Å². The van der Waals surface area contributed by atoms with Crippen LogP contribution < -0.4 is 4.74 Å². The minimum Gasteiger partial charge on any atom is -0.508 e. The summed E-state index contributed by atoms with van der Waals surface area (Å²) in [5, 5.41) is 18.6. The smallest absolute Gasteiger partial charge is 0.137 e. The third kappa shape index (κ3) is 2.53. The molecule has 0 heterocycles. The van der Waals surface area contributed by atoms with Crippen LogP contribution in [-0.2, 0) is 6.42 Å². The summed E-state index contributed by atoms with van der Waals surface area (Å²) in [6, 6.07) is 3.14. The second kappa shape index (κ2) is 5.08. The zero-order valence-electron chi connectivity index (χ0n) is 7.96. The van der Waals surface area contributed by atoms with E-state index in [9.17, 15) is 5.11 Å². The fourth-order valence-electron chi connectivity index (χ4n) is 1.21. The van der Waals surface area contributed by atoms with Crippen molar-refractivity contribution in [2.75, 3.05) is 13.7 Å². The molecule has 0 unspecified atom stereocenters. The lowest BCUT2D eigenvalue weighted by molar-refractivity contribution is 0.288. The summed E-state index contributed by atoms with van der Waals surface area (Å²) in [7, 11) is 1.52. The van der Waals surface area contributed by atoms with E-state index in [1.165, 1.54) is 13.2 Å². The van der Waals surface area contributed by atoms with Crippen molar-refractivity contribution < 1.29 is 14.9 Å². The number of methoxy groups -OCH3 is 1. The number of aliphatic hydroxyl groups excluding tert-OH is 1. The first-order valence-electron chi connectivity index (χ1n) is 4.35. The Kier molecular flexibility index (Phi) is 4.04. The highest BCUT2D eigenvalue weighted by Gasteiger charge is 2.07. The molecule has 0 radical (unpaired) electrons. The van der Waals surface area contributed by atoms with E-state index >= 15 is 0 Å². The number of aliphatic hydroxyl groups is 1. The van der Waals surface area contributed by atoms with Gasteiger partial charge >= 0.3 is 0 Å². The van der Waals surface area contributed by atoms with Gasteiger partial charge in [0.15, 0.2) is 0 Å². The molecule has 1 rings (SSSR count). The van der Waals surface area contributed by atoms with Gasteiger partial charge in [-0.1, -0.05) is 11.6 Å². The number of phenols is 1. The number of aryl methyl sites for hydroxylation is 1. The molecule has 0 aliphatic carbocycles. The van der Waals surface area contributed by atoms with Crippen LogP contribution in [0.25, 0.3) is 0 Å². The summed E-state index contributed by atoms with van der Waals surface area (Å²) >= 11 is 5.80. The normalized spacial score (nSPS) is 10.2. The van der Waals surface area contributed by atoms with E-state index in [0.29, 0.717) is 23.6 Å². The Balaban J connectivity index is 2.92. The van der Waals surface area contributed by atoms with Crippen molar-refractivity contribution in [2.24, 2.45) is 0 Å². The first-order valence-corrected chi connectivity index (χ1v) is 4.73. The van der Waals surface area contributed by atoms with E-state index in [0.717, 1.165) is 5.56 Å². The van der Waals surface area contributed by atoms with E-state index in [4.69, 9.17) is 21.4 Å². The summed E-state index contributed by atoms with van der Waals surface area (Å²) in [5.74, 6) is 0.682. The maximum atomic E-state index is 9.52. The number of rotatable bonds is 4. The molecule has 0 amide bonds. The molecular weight excluding hydrogens is 204 g/mol. The molecular formula is C10H13ClO3. The Hall–Kier alpha value is -0.930. The van der Waals surface area contributed by atoms with Gasteiger partial charge in [0.05, 0.1) is 12.1 Å². The Labute approximate surface area is 87.9 Å². The van der Waals surface area contributed by atoms with Crippen molar-refractivity contribution >= 4 is 11.6 Å². The van der Waals surface area contributed by atoms with Crippen molar-refractivity contribution in [3.05, 3.63) is 22.7 Å². The van der Waals surface area contributed by atoms with E-state index in [1.807, 2.05) is 0 Å². The molecule has 0 aliphatic heterocycles. The summed E-state index contributed by atoms with van der Waals surface area (Å²) < 4.78 is 5.02. The van der Waals surface area contributed by atoms with Crippen molar-refractivity contribution in [3.8, 4) is 11.5 Å². The number of aromatic hydroxyl groups is 1. The van der Waals surface area contributed by atoms with Gasteiger partial charge in [0, 0.05) is 12.7 Å². The number of hydrogen-bond acceptors (Lipinski definition) is 3. The minimum atomic E-state index is 0.102. The van der Waals surface area contributed by atoms with Gasteiger partial charge < -0.3 is 14.9 Å². The van der Waals surface area contributed by atoms with Gasteiger partial charge in [-0.2, -0.15) is 0 Å². The fraction of sp³-hybridized carbons (Fsp3) is 0.400. The minimum absolute atomic E-state index is 0.102. The zero-order valence-corrected chi connectivity index (χ0v) is 8.71. The van der Waals surface area contributed by atoms with Crippen molar-refractivity contribution in [2.45, 2.75) is 12.8 Å². The van der Waals surface area contributed by atoms with Gasteiger partial charge in [0.25, 0.3) is 0 Å². The second-order valence-corrected chi connectivity index (χ2v) is 3.35. The number of halogens is 1. The molecule has 2 N–H and O–H groups in total. The predicted octanol–water partition coefficient (Wildman–Crippen LogP) is 1.98. The van der Waals surface area contributed by atoms with Crippen LogP contribution in [0.2, 0.25) is 5.02 Å². The third-order valence-electron chi connectivity index (χ3n) is 1.96. The lowest BCUT2D eigenvalue weighted by Gasteiger charge is -2.08. The molecule has 0 saturated carbocycles. The Morgan fingerprint density at radius 1 is 1.43 bits per heavy atom. The molecule has 4 heteroatoms. The molecule has 14 heavy (non-hydrogen) atoms. The van der Waals surface area contributed by atoms with E-state index in [-0.39, 0.29) is 12.4 Å². The average Bonchev–Trinajstić information content (AvgIpc) is 2.17. The van der Waals surface area contributed by atoms with Crippen LogP contribution in [-0.4, -0.2) is 23.9 Å². The van der Waals surface area contributed by atoms with E-state index in [1.54, 1.807) is 6.07 Å². The van der Waals surface area contributed by atoms with Crippen LogP contribution in [0, 0.1) is 0 Å². The molecule has 0 saturated heterocycles. The number of hydrogen-bond donors (Lipinski definition) is 2. The summed E-state index contributed by atoms with van der Waals surface area (Å²) in [6.07, 6.45) is 1.22. The molecule has 1 aromatic rings. The fourth-order valence-corrected chi connectivity index (χ4v) is 1.45. The van der Waals surface area contributed by atoms with Crippen molar-refractivity contribution in [1.29, 1.82) is 0 Å². The monoisotopic (exact) mass is 216 g/mol. The first kappa shape index (κ1) is 11.1. The van der Waals surface area contributed by atoms with Gasteiger partial charge in [0.2, 0.25) is 0 Å². The van der Waals surface area contributed by atoms with Gasteiger partial charge in [-0.25, -0.2) is 0 Å². The zero-order chi connectivity index (χ0) is 10.6. The SMILES string of the molecule is COc1cc(CCCO)c(O)cc1Cl. The van der Waals surface area contributed by atoms with E-state index in [2.05, 4.69) is 0 Å². The van der Waals surface area contributed by atoms with Crippen LogP contribution >= 0.6 is 11.6 Å². The Bertz CT molecular complexity index is 312. The number of benzene rings is 1. The standard InChI is InChI=1S/C10H13ClO3/c1-14-10-5-7(3-2-4-12)9(13)6-8(10)11/h5-6,12-13H,2-4H2,1H3. The molecule has 3 nitrogen and oxygen atoms in total. The Morgan fingerprint density at radius 3 is 2.71 bits per heavy atom. The second-order valence-electron chi connectivity index (χ2n) is 2.94. The highest BCUT2D eigenvalue weighted by atomic mass is 35.5. The average molecular weight is 217 g/mol.